The van der Waals surface area contributed by atoms with Gasteiger partial charge < -0.3 is 10.2 Å². The average Bonchev–Trinajstić information content (AvgIpc) is 2.93. The Balaban J connectivity index is 2.39. The van der Waals surface area contributed by atoms with Crippen molar-refractivity contribution in [2.45, 2.75) is 6.92 Å². The van der Waals surface area contributed by atoms with E-state index >= 15 is 0 Å². The Hall–Kier alpha value is -2.35. The van der Waals surface area contributed by atoms with Gasteiger partial charge in [-0.15, -0.1) is 0 Å². The smallest absolute Gasteiger partial charge is 0.276 e. The third-order valence-electron chi connectivity index (χ3n) is 3.29. The van der Waals surface area contributed by atoms with Crippen molar-refractivity contribution in [2.75, 3.05) is 19.4 Å². The van der Waals surface area contributed by atoms with Gasteiger partial charge in [-0.2, -0.15) is 10.2 Å². The van der Waals surface area contributed by atoms with E-state index in [-0.39, 0.29) is 22.3 Å². The van der Waals surface area contributed by atoms with Gasteiger partial charge in [-0.25, -0.2) is 0 Å². The highest BCUT2D eigenvalue weighted by atomic mass is 35.5. The molecule has 0 saturated carbocycles. The molecule has 0 bridgehead atoms. The van der Waals surface area contributed by atoms with Crippen molar-refractivity contribution in [3.63, 3.8) is 0 Å². The summed E-state index contributed by atoms with van der Waals surface area (Å²) >= 11 is 6.01. The molecule has 2 aromatic heterocycles. The molecule has 0 atom stereocenters. The number of carbonyl (C=O) groups is 2. The Morgan fingerprint density at radius 1 is 1.27 bits per heavy atom. The van der Waals surface area contributed by atoms with Crippen molar-refractivity contribution in [2.24, 2.45) is 14.1 Å². The van der Waals surface area contributed by atoms with Gasteiger partial charge in [-0.1, -0.05) is 11.6 Å². The lowest BCUT2D eigenvalue weighted by Crippen LogP contribution is -2.24. The van der Waals surface area contributed by atoms with Gasteiger partial charge in [0.25, 0.3) is 11.8 Å². The molecule has 9 heteroatoms. The maximum Gasteiger partial charge on any atom is 0.276 e. The molecule has 2 heterocycles. The number of aryl methyl sites for hydroxylation is 2. The van der Waals surface area contributed by atoms with Gasteiger partial charge in [0.1, 0.15) is 5.15 Å². The molecule has 2 rings (SSSR count). The van der Waals surface area contributed by atoms with E-state index in [4.69, 9.17) is 11.6 Å². The van der Waals surface area contributed by atoms with Crippen LogP contribution in [0.2, 0.25) is 5.15 Å². The minimum absolute atomic E-state index is 0.179. The molecule has 0 aromatic carbocycles. The van der Waals surface area contributed by atoms with E-state index in [0.29, 0.717) is 11.4 Å². The van der Waals surface area contributed by atoms with Crippen LogP contribution in [0.4, 0.5) is 5.69 Å². The minimum atomic E-state index is -0.443. The number of hydrogen-bond acceptors (Lipinski definition) is 4. The Morgan fingerprint density at radius 3 is 2.41 bits per heavy atom. The topological polar surface area (TPSA) is 85.1 Å². The van der Waals surface area contributed by atoms with E-state index in [0.717, 1.165) is 0 Å². The number of carbonyl (C=O) groups excluding carboxylic acids is 2. The second-order valence-electron chi connectivity index (χ2n) is 5.06. The van der Waals surface area contributed by atoms with Crippen molar-refractivity contribution >= 4 is 29.1 Å². The van der Waals surface area contributed by atoms with Crippen LogP contribution >= 0.6 is 11.6 Å². The molecule has 2 aromatic rings. The predicted molar refractivity (Wildman–Crippen MR) is 82.1 cm³/mol. The summed E-state index contributed by atoms with van der Waals surface area (Å²) in [6.07, 6.45) is 1.37. The zero-order valence-electron chi connectivity index (χ0n) is 13.0. The number of amides is 2. The van der Waals surface area contributed by atoms with E-state index in [1.807, 2.05) is 0 Å². The second-order valence-corrected chi connectivity index (χ2v) is 5.42. The first kappa shape index (κ1) is 16.0. The van der Waals surface area contributed by atoms with Crippen LogP contribution in [0.3, 0.4) is 0 Å². The van der Waals surface area contributed by atoms with E-state index in [1.54, 1.807) is 35.1 Å². The fourth-order valence-electron chi connectivity index (χ4n) is 1.88. The van der Waals surface area contributed by atoms with E-state index < -0.39 is 5.91 Å². The van der Waals surface area contributed by atoms with Crippen molar-refractivity contribution in [1.29, 1.82) is 0 Å². The average molecular weight is 325 g/mol. The van der Waals surface area contributed by atoms with Crippen LogP contribution in [0.5, 0.6) is 0 Å². The number of aromatic nitrogens is 4. The lowest BCUT2D eigenvalue weighted by Gasteiger charge is -2.10. The first-order valence-electron chi connectivity index (χ1n) is 6.48. The second kappa shape index (κ2) is 5.80. The Bertz CT molecular complexity index is 746. The fourth-order valence-corrected chi connectivity index (χ4v) is 2.05. The number of hydrogen-bond donors (Lipinski definition) is 1. The van der Waals surface area contributed by atoms with Gasteiger partial charge in [-0.3, -0.25) is 19.0 Å². The quantitative estimate of drug-likeness (QED) is 0.915. The van der Waals surface area contributed by atoms with E-state index in [2.05, 4.69) is 15.5 Å². The fraction of sp³-hybridized carbons (Fsp3) is 0.385. The summed E-state index contributed by atoms with van der Waals surface area (Å²) in [7, 11) is 6.58. The van der Waals surface area contributed by atoms with Crippen LogP contribution in [0, 0.1) is 6.92 Å². The maximum atomic E-state index is 12.3. The number of rotatable bonds is 3. The van der Waals surface area contributed by atoms with E-state index in [1.165, 1.54) is 20.5 Å². The lowest BCUT2D eigenvalue weighted by atomic mass is 10.2. The summed E-state index contributed by atoms with van der Waals surface area (Å²) in [6.45, 7) is 1.76. The Kier molecular flexibility index (Phi) is 4.23. The van der Waals surface area contributed by atoms with Gasteiger partial charge in [0.15, 0.2) is 5.69 Å². The highest BCUT2D eigenvalue weighted by molar-refractivity contribution is 6.33. The largest absolute Gasteiger partial charge is 0.343 e. The molecular weight excluding hydrogens is 308 g/mol. The maximum absolute atomic E-state index is 12.3. The van der Waals surface area contributed by atoms with Gasteiger partial charge in [0.2, 0.25) is 0 Å². The molecule has 0 aliphatic carbocycles. The van der Waals surface area contributed by atoms with Crippen LogP contribution in [-0.2, 0) is 14.1 Å². The number of nitrogens with one attached hydrogen (secondary N) is 1. The van der Waals surface area contributed by atoms with Crippen LogP contribution in [-0.4, -0.2) is 50.4 Å². The molecule has 0 spiro atoms. The molecule has 0 aliphatic heterocycles. The van der Waals surface area contributed by atoms with Crippen molar-refractivity contribution in [3.8, 4) is 0 Å². The molecule has 1 N–H and O–H groups in total. The van der Waals surface area contributed by atoms with Crippen LogP contribution in [0.25, 0.3) is 0 Å². The molecule has 2 amide bonds. The molecular formula is C13H17ClN6O2. The summed E-state index contributed by atoms with van der Waals surface area (Å²) in [5.74, 6) is -0.738. The first-order chi connectivity index (χ1) is 10.2. The molecule has 0 unspecified atom stereocenters. The molecule has 22 heavy (non-hydrogen) atoms. The number of halogens is 1. The number of nitrogens with zero attached hydrogens (tertiary/aromatic N) is 5. The van der Waals surface area contributed by atoms with Crippen LogP contribution in [0.1, 0.15) is 26.5 Å². The Morgan fingerprint density at radius 2 is 1.91 bits per heavy atom. The minimum Gasteiger partial charge on any atom is -0.343 e. The van der Waals surface area contributed by atoms with Crippen LogP contribution < -0.4 is 5.32 Å². The monoisotopic (exact) mass is 324 g/mol. The number of anilines is 1. The molecule has 8 nitrogen and oxygen atoms in total. The summed E-state index contributed by atoms with van der Waals surface area (Å²) in [6, 6.07) is 0. The third-order valence-corrected chi connectivity index (χ3v) is 3.74. The zero-order chi connectivity index (χ0) is 16.6. The van der Waals surface area contributed by atoms with Gasteiger partial charge in [-0.05, 0) is 6.92 Å². The standard InChI is InChI=1S/C13H17ClN6O2/c1-7-9(10(17-19(7)4)13(22)18(2)3)16-12(21)8-6-15-20(5)11(8)14/h6H,1-5H3,(H,16,21). The summed E-state index contributed by atoms with van der Waals surface area (Å²) in [4.78, 5) is 25.9. The third kappa shape index (κ3) is 2.69. The highest BCUT2D eigenvalue weighted by Crippen LogP contribution is 2.23. The van der Waals surface area contributed by atoms with Gasteiger partial charge in [0.05, 0.1) is 23.1 Å². The Labute approximate surface area is 132 Å². The zero-order valence-corrected chi connectivity index (χ0v) is 13.8. The first-order valence-corrected chi connectivity index (χ1v) is 6.86. The normalized spacial score (nSPS) is 10.6. The van der Waals surface area contributed by atoms with Crippen molar-refractivity contribution in [3.05, 3.63) is 28.3 Å². The molecule has 0 fully saturated rings. The molecule has 0 radical (unpaired) electrons. The SMILES string of the molecule is Cc1c(NC(=O)c2cnn(C)c2Cl)c(C(=O)N(C)C)nn1C. The summed E-state index contributed by atoms with van der Waals surface area (Å²) in [5, 5.41) is 11.0. The van der Waals surface area contributed by atoms with Crippen LogP contribution in [0.15, 0.2) is 6.20 Å². The predicted octanol–water partition coefficient (Wildman–Crippen LogP) is 1.07. The van der Waals surface area contributed by atoms with Gasteiger partial charge in [0, 0.05) is 28.2 Å². The summed E-state index contributed by atoms with van der Waals surface area (Å²) in [5.41, 5.74) is 1.44. The van der Waals surface area contributed by atoms with Crippen molar-refractivity contribution < 1.29 is 9.59 Å². The van der Waals surface area contributed by atoms with Crippen molar-refractivity contribution in [1.82, 2.24) is 24.5 Å². The lowest BCUT2D eigenvalue weighted by molar-refractivity contribution is 0.0822. The van der Waals surface area contributed by atoms with Gasteiger partial charge >= 0.3 is 0 Å². The summed E-state index contributed by atoms with van der Waals surface area (Å²) < 4.78 is 2.93. The highest BCUT2D eigenvalue weighted by Gasteiger charge is 2.24. The molecule has 0 saturated heterocycles. The van der Waals surface area contributed by atoms with E-state index in [9.17, 15) is 9.59 Å². The molecule has 0 aliphatic rings. The molecule has 118 valence electrons.